The number of hydrogen-bond acceptors (Lipinski definition) is 6. The number of amides is 1. The van der Waals surface area contributed by atoms with Crippen LogP contribution in [0.4, 0.5) is 19.0 Å². The van der Waals surface area contributed by atoms with Crippen molar-refractivity contribution < 1.29 is 22.5 Å². The molecule has 27 heavy (non-hydrogen) atoms. The summed E-state index contributed by atoms with van der Waals surface area (Å²) in [6, 6.07) is 5.32. The van der Waals surface area contributed by atoms with E-state index in [1.54, 1.807) is 19.9 Å². The first-order valence-electron chi connectivity index (χ1n) is 7.99. The Morgan fingerprint density at radius 3 is 2.74 bits per heavy atom. The molecule has 1 unspecified atom stereocenters. The zero-order chi connectivity index (χ0) is 19.6. The summed E-state index contributed by atoms with van der Waals surface area (Å²) in [7, 11) is 0. The summed E-state index contributed by atoms with van der Waals surface area (Å²) >= 11 is 0. The number of alkyl halides is 3. The average molecular weight is 380 g/mol. The Morgan fingerprint density at radius 1 is 1.33 bits per heavy atom. The van der Waals surface area contributed by atoms with Crippen molar-refractivity contribution in [1.82, 2.24) is 25.4 Å². The number of aromatic nitrogens is 5. The molecule has 2 heterocycles. The number of aryl methyl sites for hydroxylation is 1. The minimum atomic E-state index is -4.48. The lowest BCUT2D eigenvalue weighted by molar-refractivity contribution is -0.137. The number of nitrogens with zero attached hydrogens (tertiary/aromatic N) is 5. The second-order valence-corrected chi connectivity index (χ2v) is 5.75. The van der Waals surface area contributed by atoms with Gasteiger partial charge in [-0.2, -0.15) is 18.0 Å². The molecule has 0 saturated carbocycles. The quantitative estimate of drug-likeness (QED) is 0.730. The highest BCUT2D eigenvalue weighted by molar-refractivity contribution is 5.92. The van der Waals surface area contributed by atoms with Crippen LogP contribution in [0.3, 0.4) is 0 Å². The van der Waals surface area contributed by atoms with Gasteiger partial charge in [0, 0.05) is 11.6 Å². The molecule has 3 aromatic rings. The third-order valence-corrected chi connectivity index (χ3v) is 3.72. The number of rotatable bonds is 5. The summed E-state index contributed by atoms with van der Waals surface area (Å²) in [5, 5.41) is 17.9. The highest BCUT2D eigenvalue weighted by atomic mass is 19.4. The first-order valence-corrected chi connectivity index (χ1v) is 7.99. The van der Waals surface area contributed by atoms with Crippen molar-refractivity contribution in [3.05, 3.63) is 41.7 Å². The average Bonchev–Trinajstić information content (AvgIpc) is 3.24. The topological polar surface area (TPSA) is 98.7 Å². The van der Waals surface area contributed by atoms with Gasteiger partial charge in [0.15, 0.2) is 11.9 Å². The van der Waals surface area contributed by atoms with Crippen molar-refractivity contribution in [2.24, 2.45) is 0 Å². The van der Waals surface area contributed by atoms with E-state index >= 15 is 0 Å². The van der Waals surface area contributed by atoms with E-state index in [9.17, 15) is 18.0 Å². The van der Waals surface area contributed by atoms with Gasteiger partial charge in [-0.3, -0.25) is 4.79 Å². The Bertz CT molecular complexity index is 950. The fourth-order valence-electron chi connectivity index (χ4n) is 2.40. The van der Waals surface area contributed by atoms with Crippen molar-refractivity contribution in [3.8, 4) is 11.4 Å². The third-order valence-electron chi connectivity index (χ3n) is 3.72. The first kappa shape index (κ1) is 18.5. The van der Waals surface area contributed by atoms with Gasteiger partial charge < -0.3 is 9.84 Å². The van der Waals surface area contributed by atoms with E-state index in [4.69, 9.17) is 4.52 Å². The van der Waals surface area contributed by atoms with Crippen LogP contribution in [-0.4, -0.2) is 31.3 Å². The van der Waals surface area contributed by atoms with Gasteiger partial charge in [0.2, 0.25) is 5.82 Å². The van der Waals surface area contributed by atoms with Crippen molar-refractivity contribution in [1.29, 1.82) is 0 Å². The standard InChI is InChI=1S/C16H15F3N6O2/c1-3-12(15(26)20-13-7-9(2)27-23-13)25-22-14(21-24-25)10-5-4-6-11(8-10)16(17,18)19/h4-8,12H,3H2,1-2H3,(H,20,23,26). The van der Waals surface area contributed by atoms with Crippen LogP contribution in [0.5, 0.6) is 0 Å². The summed E-state index contributed by atoms with van der Waals surface area (Å²) < 4.78 is 43.5. The SMILES string of the molecule is CCC(C(=O)Nc1cc(C)on1)n1nnc(-c2cccc(C(F)(F)F)c2)n1. The second kappa shape index (κ2) is 7.17. The highest BCUT2D eigenvalue weighted by Crippen LogP contribution is 2.31. The third kappa shape index (κ3) is 4.13. The van der Waals surface area contributed by atoms with Gasteiger partial charge in [0.25, 0.3) is 5.91 Å². The number of hydrogen-bond donors (Lipinski definition) is 1. The van der Waals surface area contributed by atoms with Crippen LogP contribution in [-0.2, 0) is 11.0 Å². The normalized spacial score (nSPS) is 12.8. The number of tetrazole rings is 1. The Hall–Kier alpha value is -3.24. The van der Waals surface area contributed by atoms with E-state index in [0.717, 1.165) is 16.9 Å². The smallest absolute Gasteiger partial charge is 0.360 e. The predicted octanol–water partition coefficient (Wildman–Crippen LogP) is 3.25. The lowest BCUT2D eigenvalue weighted by atomic mass is 10.1. The van der Waals surface area contributed by atoms with Crippen molar-refractivity contribution in [2.75, 3.05) is 5.32 Å². The number of nitrogens with one attached hydrogen (secondary N) is 1. The van der Waals surface area contributed by atoms with Gasteiger partial charge in [0.1, 0.15) is 5.76 Å². The Morgan fingerprint density at radius 2 is 2.11 bits per heavy atom. The molecule has 1 atom stereocenters. The largest absolute Gasteiger partial charge is 0.416 e. The lowest BCUT2D eigenvalue weighted by Gasteiger charge is -2.11. The van der Waals surface area contributed by atoms with E-state index in [0.29, 0.717) is 12.2 Å². The fourth-order valence-corrected chi connectivity index (χ4v) is 2.40. The molecular weight excluding hydrogens is 365 g/mol. The molecule has 0 saturated heterocycles. The maximum absolute atomic E-state index is 12.9. The molecule has 1 amide bonds. The Labute approximate surface area is 151 Å². The van der Waals surface area contributed by atoms with Gasteiger partial charge in [0.05, 0.1) is 5.56 Å². The molecule has 0 radical (unpaired) electrons. The maximum atomic E-state index is 12.9. The van der Waals surface area contributed by atoms with Crippen molar-refractivity contribution in [3.63, 3.8) is 0 Å². The minimum absolute atomic E-state index is 0.00960. The second-order valence-electron chi connectivity index (χ2n) is 5.75. The first-order chi connectivity index (χ1) is 12.8. The molecule has 0 aliphatic heterocycles. The van der Waals surface area contributed by atoms with Crippen LogP contribution in [0.15, 0.2) is 34.9 Å². The monoisotopic (exact) mass is 380 g/mol. The maximum Gasteiger partial charge on any atom is 0.416 e. The molecule has 0 bridgehead atoms. The summed E-state index contributed by atoms with van der Waals surface area (Å²) in [6.07, 6.45) is -4.14. The summed E-state index contributed by atoms with van der Waals surface area (Å²) in [5.74, 6) is 0.321. The van der Waals surface area contributed by atoms with Gasteiger partial charge in [-0.1, -0.05) is 24.2 Å². The molecular formula is C16H15F3N6O2. The lowest BCUT2D eigenvalue weighted by Crippen LogP contribution is -2.27. The summed E-state index contributed by atoms with van der Waals surface area (Å²) in [4.78, 5) is 13.5. The number of anilines is 1. The molecule has 3 rings (SSSR count). The van der Waals surface area contributed by atoms with Gasteiger partial charge in [-0.05, 0) is 30.7 Å². The summed E-state index contributed by atoms with van der Waals surface area (Å²) in [6.45, 7) is 3.42. The molecule has 0 fully saturated rings. The van der Waals surface area contributed by atoms with Gasteiger partial charge >= 0.3 is 6.18 Å². The molecule has 11 heteroatoms. The van der Waals surface area contributed by atoms with Crippen molar-refractivity contribution >= 4 is 11.7 Å². The van der Waals surface area contributed by atoms with Crippen LogP contribution in [0.25, 0.3) is 11.4 Å². The fraction of sp³-hybridized carbons (Fsp3) is 0.312. The zero-order valence-electron chi connectivity index (χ0n) is 14.4. The Kier molecular flexibility index (Phi) is 4.93. The Balaban J connectivity index is 1.82. The van der Waals surface area contributed by atoms with E-state index in [2.05, 4.69) is 25.9 Å². The zero-order valence-corrected chi connectivity index (χ0v) is 14.4. The number of halogens is 3. The molecule has 0 aliphatic carbocycles. The molecule has 8 nitrogen and oxygen atoms in total. The molecule has 0 aliphatic rings. The van der Waals surface area contributed by atoms with E-state index < -0.39 is 23.7 Å². The van der Waals surface area contributed by atoms with Gasteiger partial charge in [-0.15, -0.1) is 10.2 Å². The molecule has 142 valence electrons. The number of carbonyl (C=O) groups excluding carboxylic acids is 1. The van der Waals surface area contributed by atoms with Crippen LogP contribution in [0, 0.1) is 6.92 Å². The molecule has 0 spiro atoms. The summed E-state index contributed by atoms with van der Waals surface area (Å²) in [5.41, 5.74) is -0.666. The van der Waals surface area contributed by atoms with Crippen molar-refractivity contribution in [2.45, 2.75) is 32.5 Å². The van der Waals surface area contributed by atoms with Crippen LogP contribution in [0.2, 0.25) is 0 Å². The van der Waals surface area contributed by atoms with E-state index in [1.165, 1.54) is 12.1 Å². The van der Waals surface area contributed by atoms with Crippen LogP contribution >= 0.6 is 0 Å². The van der Waals surface area contributed by atoms with Crippen LogP contribution in [0.1, 0.15) is 30.7 Å². The predicted molar refractivity (Wildman–Crippen MR) is 87.5 cm³/mol. The molecule has 1 aromatic carbocycles. The number of carbonyl (C=O) groups is 1. The molecule has 2 aromatic heterocycles. The van der Waals surface area contributed by atoms with Gasteiger partial charge in [-0.25, -0.2) is 0 Å². The minimum Gasteiger partial charge on any atom is -0.360 e. The number of benzene rings is 1. The van der Waals surface area contributed by atoms with Crippen LogP contribution < -0.4 is 5.32 Å². The van der Waals surface area contributed by atoms with E-state index in [1.807, 2.05) is 0 Å². The highest BCUT2D eigenvalue weighted by Gasteiger charge is 2.31. The molecule has 1 N–H and O–H groups in total. The van der Waals surface area contributed by atoms with E-state index in [-0.39, 0.29) is 17.2 Å².